The molecule has 8 N–H and O–H groups in total. The number of urea groups is 1. The summed E-state index contributed by atoms with van der Waals surface area (Å²) in [6.07, 6.45) is 4.43. The van der Waals surface area contributed by atoms with E-state index in [1.54, 1.807) is 60.7 Å². The van der Waals surface area contributed by atoms with Crippen LogP contribution in [0.1, 0.15) is 62.5 Å². The Morgan fingerprint density at radius 2 is 0.959 bits per heavy atom. The summed E-state index contributed by atoms with van der Waals surface area (Å²) >= 11 is 0. The second-order valence-corrected chi connectivity index (χ2v) is 12.9. The van der Waals surface area contributed by atoms with Gasteiger partial charge in [-0.3, -0.25) is 41.7 Å². The summed E-state index contributed by atoms with van der Waals surface area (Å²) in [6.45, 7) is 0.168. The zero-order chi connectivity index (χ0) is 35.1. The van der Waals surface area contributed by atoms with Gasteiger partial charge in [-0.05, 0) is 72.6 Å². The average Bonchev–Trinajstić information content (AvgIpc) is 3.08. The molecule has 5 rings (SSSR count). The van der Waals surface area contributed by atoms with Gasteiger partial charge < -0.3 is 0 Å². The third-order valence-corrected chi connectivity index (χ3v) is 9.37. The van der Waals surface area contributed by atoms with Crippen LogP contribution in [0.3, 0.4) is 0 Å². The molecule has 9 nitrogen and oxygen atoms in total. The topological polar surface area (TPSA) is 161 Å². The van der Waals surface area contributed by atoms with E-state index in [0.29, 0.717) is 95.7 Å². The molecule has 0 aliphatic carbocycles. The molecule has 1 fully saturated rings. The quantitative estimate of drug-likeness (QED) is 0.0623. The Morgan fingerprint density at radius 1 is 0.571 bits per heavy atom. The summed E-state index contributed by atoms with van der Waals surface area (Å²) in [5.74, 6) is -1.49. The number of unbranched alkanes of at least 4 members (excludes halogenated alkanes) is 4. The highest BCUT2D eigenvalue weighted by atomic mass is 19.1. The average molecular weight is 671 g/mol. The van der Waals surface area contributed by atoms with Crippen LogP contribution in [0.4, 0.5) is 13.6 Å². The number of halogens is 2. The Kier molecular flexibility index (Phi) is 11.0. The van der Waals surface area contributed by atoms with Gasteiger partial charge in [-0.25, -0.2) is 13.6 Å². The first kappa shape index (κ1) is 35.1. The summed E-state index contributed by atoms with van der Waals surface area (Å²) in [4.78, 5) is 46.2. The monoisotopic (exact) mass is 670 g/mol. The highest BCUT2D eigenvalue weighted by Gasteiger charge is 2.57. The molecule has 0 unspecified atom stereocenters. The number of barbiturate groups is 1. The van der Waals surface area contributed by atoms with E-state index in [0.717, 1.165) is 0 Å². The lowest BCUT2D eigenvalue weighted by Crippen LogP contribution is -2.66. The van der Waals surface area contributed by atoms with Crippen molar-refractivity contribution in [2.24, 2.45) is 16.9 Å². The van der Waals surface area contributed by atoms with Gasteiger partial charge in [-0.2, -0.15) is 0 Å². The number of rotatable bonds is 16. The summed E-state index contributed by atoms with van der Waals surface area (Å²) < 4.78 is 29.9. The largest absolute Gasteiger partial charge is 0.333 e. The van der Waals surface area contributed by atoms with E-state index in [-0.39, 0.29) is 25.9 Å². The lowest BCUT2D eigenvalue weighted by Gasteiger charge is -2.44. The third-order valence-electron chi connectivity index (χ3n) is 9.37. The Labute approximate surface area is 284 Å². The van der Waals surface area contributed by atoms with E-state index < -0.39 is 34.9 Å². The fourth-order valence-electron chi connectivity index (χ4n) is 6.85. The van der Waals surface area contributed by atoms with Crippen LogP contribution < -0.4 is 22.3 Å². The number of hydrogen-bond acceptors (Lipinski definition) is 3. The lowest BCUT2D eigenvalue weighted by atomic mass is 9.71. The molecular weight excluding hydrogens is 626 g/mol. The van der Waals surface area contributed by atoms with Gasteiger partial charge in [0.2, 0.25) is 23.5 Å². The van der Waals surface area contributed by atoms with Crippen molar-refractivity contribution in [3.05, 3.63) is 95.6 Å². The second-order valence-electron chi connectivity index (χ2n) is 12.9. The molecule has 4 amide bonds. The Hall–Kier alpha value is -5.19. The molecule has 4 aromatic carbocycles. The minimum Gasteiger partial charge on any atom is -0.291 e. The minimum absolute atomic E-state index is 0.0840. The maximum absolute atomic E-state index is 15.0. The van der Waals surface area contributed by atoms with E-state index in [9.17, 15) is 23.2 Å². The Balaban J connectivity index is 1.61. The number of nitrogens with two attached hydrogens (primary N) is 4. The van der Waals surface area contributed by atoms with E-state index in [2.05, 4.69) is 0 Å². The van der Waals surface area contributed by atoms with Gasteiger partial charge in [-0.1, -0.05) is 73.5 Å². The number of nitrogens with zero attached hydrogens (tertiary/aromatic N) is 2. The van der Waals surface area contributed by atoms with Crippen LogP contribution in [-0.2, 0) is 22.4 Å². The fourth-order valence-corrected chi connectivity index (χ4v) is 6.85. The molecule has 0 atom stereocenters. The SMILES string of the molecule is NC(=[NH2+])CCCCCN1C(=O)N(CCCCCC(N)=[NH2+])C(=O)C(Cc2ccc(F)c3ccccc23)(Cc2ccc(F)c3ccccc23)C1=O. The van der Waals surface area contributed by atoms with Crippen LogP contribution in [0.2, 0.25) is 0 Å². The fraction of sp³-hybridized carbons (Fsp3) is 0.342. The highest BCUT2D eigenvalue weighted by molar-refractivity contribution is 6.19. The van der Waals surface area contributed by atoms with Gasteiger partial charge in [-0.15, -0.1) is 0 Å². The number of hydrogen-bond donors (Lipinski definition) is 4. The predicted octanol–water partition coefficient (Wildman–Crippen LogP) is 3.19. The van der Waals surface area contributed by atoms with Gasteiger partial charge in [0.05, 0.1) is 0 Å². The maximum atomic E-state index is 15.0. The third kappa shape index (κ3) is 7.61. The Bertz CT molecular complexity index is 1780. The van der Waals surface area contributed by atoms with Gasteiger partial charge in [0.1, 0.15) is 17.0 Å². The molecule has 1 aliphatic heterocycles. The zero-order valence-corrected chi connectivity index (χ0v) is 27.6. The van der Waals surface area contributed by atoms with Crippen molar-refractivity contribution in [1.82, 2.24) is 9.80 Å². The van der Waals surface area contributed by atoms with Crippen LogP contribution in [0.25, 0.3) is 21.5 Å². The first-order valence-electron chi connectivity index (χ1n) is 16.8. The molecule has 0 radical (unpaired) electrons. The van der Waals surface area contributed by atoms with Crippen molar-refractivity contribution >= 4 is 51.1 Å². The van der Waals surface area contributed by atoms with Crippen molar-refractivity contribution in [2.45, 2.75) is 64.2 Å². The van der Waals surface area contributed by atoms with Crippen LogP contribution >= 0.6 is 0 Å². The van der Waals surface area contributed by atoms with Gasteiger partial charge >= 0.3 is 6.03 Å². The van der Waals surface area contributed by atoms with Crippen molar-refractivity contribution in [2.75, 3.05) is 13.1 Å². The first-order valence-corrected chi connectivity index (χ1v) is 16.8. The van der Waals surface area contributed by atoms with Crippen LogP contribution in [-0.4, -0.2) is 52.4 Å². The number of carbonyl (C=O) groups excluding carboxylic acids is 3. The minimum atomic E-state index is -1.79. The van der Waals surface area contributed by atoms with Gasteiger partial charge in [0, 0.05) is 36.7 Å². The molecule has 1 saturated heterocycles. The zero-order valence-electron chi connectivity index (χ0n) is 27.6. The van der Waals surface area contributed by atoms with Crippen molar-refractivity contribution in [3.63, 3.8) is 0 Å². The normalized spacial score (nSPS) is 14.6. The standard InChI is InChI=1S/C38H42F2N6O3/c39-31-19-17-25(27-11-5-7-13-29(27)31)23-38(24-26-18-20-32(40)30-14-8-6-12-28(26)30)35(47)45(21-9-1-3-15-33(41)42)37(49)46(36(38)48)22-10-2-4-16-34(43)44/h5-8,11-14,17-20H,1-4,9-10,15-16,21-24H2,(H3,41,42)(H3,43,44)/p+2. The number of imide groups is 2. The van der Waals surface area contributed by atoms with Crippen LogP contribution in [0, 0.1) is 17.0 Å². The lowest BCUT2D eigenvalue weighted by molar-refractivity contribution is -0.159. The summed E-state index contributed by atoms with van der Waals surface area (Å²) in [7, 11) is 0. The summed E-state index contributed by atoms with van der Waals surface area (Å²) in [6, 6.07) is 19.0. The number of fused-ring (bicyclic) bond motifs is 2. The van der Waals surface area contributed by atoms with Crippen LogP contribution in [0.5, 0.6) is 0 Å². The van der Waals surface area contributed by atoms with Gasteiger partial charge in [0.15, 0.2) is 0 Å². The smallest absolute Gasteiger partial charge is 0.291 e. The molecule has 0 saturated carbocycles. The van der Waals surface area contributed by atoms with Crippen LogP contribution in [0.15, 0.2) is 72.8 Å². The van der Waals surface area contributed by atoms with E-state index in [4.69, 9.17) is 22.3 Å². The molecule has 0 bridgehead atoms. The molecule has 1 aliphatic rings. The molecule has 49 heavy (non-hydrogen) atoms. The molecule has 11 heteroatoms. The molecule has 0 spiro atoms. The van der Waals surface area contributed by atoms with E-state index in [1.165, 1.54) is 21.9 Å². The highest BCUT2D eigenvalue weighted by Crippen LogP contribution is 2.40. The van der Waals surface area contributed by atoms with Crippen molar-refractivity contribution < 1.29 is 34.0 Å². The molecule has 256 valence electrons. The number of carbonyl (C=O) groups is 3. The first-order chi connectivity index (χ1) is 23.5. The predicted molar refractivity (Wildman–Crippen MR) is 186 cm³/mol. The summed E-state index contributed by atoms with van der Waals surface area (Å²) in [5.41, 5.74) is 10.6. The molecule has 4 aromatic rings. The van der Waals surface area contributed by atoms with Crippen molar-refractivity contribution in [3.8, 4) is 0 Å². The number of amidine groups is 2. The summed E-state index contributed by atoms with van der Waals surface area (Å²) in [5, 5.41) is 13.1. The second kappa shape index (κ2) is 15.4. The van der Waals surface area contributed by atoms with E-state index >= 15 is 0 Å². The molecule has 0 aromatic heterocycles. The molecular formula is C38H44F2N6O3+2. The van der Waals surface area contributed by atoms with E-state index in [1.807, 2.05) is 0 Å². The Morgan fingerprint density at radius 3 is 1.35 bits per heavy atom. The van der Waals surface area contributed by atoms with Gasteiger partial charge in [0.25, 0.3) is 0 Å². The number of benzene rings is 4. The van der Waals surface area contributed by atoms with Crippen molar-refractivity contribution in [1.29, 1.82) is 0 Å². The molecule has 1 heterocycles. The maximum Gasteiger partial charge on any atom is 0.333 e. The number of amides is 4.